The first-order chi connectivity index (χ1) is 9.35. The Labute approximate surface area is 115 Å². The zero-order valence-corrected chi connectivity index (χ0v) is 11.8. The first-order valence-corrected chi connectivity index (χ1v) is 7.09. The smallest absolute Gasteiger partial charge is 0.0346 e. The molecule has 1 unspecified atom stereocenters. The molecular weight excluding hydrogens is 232 g/mol. The summed E-state index contributed by atoms with van der Waals surface area (Å²) >= 11 is 0. The van der Waals surface area contributed by atoms with Gasteiger partial charge in [-0.05, 0) is 48.2 Å². The van der Waals surface area contributed by atoms with Crippen LogP contribution < -0.4 is 5.32 Å². The Morgan fingerprint density at radius 3 is 2.63 bits per heavy atom. The maximum Gasteiger partial charge on any atom is 0.0346 e. The van der Waals surface area contributed by atoms with Gasteiger partial charge < -0.3 is 5.32 Å². The Hall–Kier alpha value is -1.67. The molecule has 0 amide bonds. The summed E-state index contributed by atoms with van der Waals surface area (Å²) in [5, 5.41) is 3.60. The van der Waals surface area contributed by atoms with Gasteiger partial charge in [0.05, 0.1) is 0 Å². The van der Waals surface area contributed by atoms with Gasteiger partial charge in [0.25, 0.3) is 0 Å². The summed E-state index contributed by atoms with van der Waals surface area (Å²) < 4.78 is 0. The lowest BCUT2D eigenvalue weighted by atomic mass is 9.99. The van der Waals surface area contributed by atoms with Crippen molar-refractivity contribution in [2.45, 2.75) is 32.7 Å². The zero-order valence-electron chi connectivity index (χ0n) is 11.8. The summed E-state index contributed by atoms with van der Waals surface area (Å²) in [6.45, 7) is 5.49. The molecule has 1 N–H and O–H groups in total. The van der Waals surface area contributed by atoms with Crippen LogP contribution in [0.5, 0.6) is 0 Å². The van der Waals surface area contributed by atoms with E-state index in [0.29, 0.717) is 6.04 Å². The molecule has 1 aromatic carbocycles. The molecule has 0 aliphatic carbocycles. The van der Waals surface area contributed by atoms with Gasteiger partial charge in [-0.1, -0.05) is 38.1 Å². The van der Waals surface area contributed by atoms with Gasteiger partial charge in [-0.3, -0.25) is 4.98 Å². The van der Waals surface area contributed by atoms with Crippen molar-refractivity contribution in [1.29, 1.82) is 0 Å². The van der Waals surface area contributed by atoms with Gasteiger partial charge in [-0.2, -0.15) is 0 Å². The number of aromatic nitrogens is 1. The SMILES string of the molecule is CCCNC(CC)c1cccc(-c2cccnc2)c1. The van der Waals surface area contributed by atoms with Crippen molar-refractivity contribution in [1.82, 2.24) is 10.3 Å². The first-order valence-electron chi connectivity index (χ1n) is 7.09. The molecule has 0 aliphatic rings. The second kappa shape index (κ2) is 7.05. The van der Waals surface area contributed by atoms with E-state index in [2.05, 4.69) is 54.5 Å². The molecule has 0 saturated heterocycles. The highest BCUT2D eigenvalue weighted by molar-refractivity contribution is 5.63. The lowest BCUT2D eigenvalue weighted by molar-refractivity contribution is 0.518. The third-order valence-electron chi connectivity index (χ3n) is 3.33. The van der Waals surface area contributed by atoms with Gasteiger partial charge in [-0.15, -0.1) is 0 Å². The number of benzene rings is 1. The van der Waals surface area contributed by atoms with Gasteiger partial charge in [0.2, 0.25) is 0 Å². The zero-order chi connectivity index (χ0) is 13.5. The summed E-state index contributed by atoms with van der Waals surface area (Å²) in [6, 6.07) is 13.3. The average molecular weight is 254 g/mol. The number of rotatable bonds is 6. The minimum Gasteiger partial charge on any atom is -0.310 e. The van der Waals surface area contributed by atoms with Crippen LogP contribution >= 0.6 is 0 Å². The largest absolute Gasteiger partial charge is 0.310 e. The van der Waals surface area contributed by atoms with E-state index < -0.39 is 0 Å². The van der Waals surface area contributed by atoms with Crippen LogP contribution in [0, 0.1) is 0 Å². The molecule has 0 radical (unpaired) electrons. The molecule has 1 atom stereocenters. The molecule has 19 heavy (non-hydrogen) atoms. The van der Waals surface area contributed by atoms with Crippen molar-refractivity contribution in [3.8, 4) is 11.1 Å². The fraction of sp³-hybridized carbons (Fsp3) is 0.353. The summed E-state index contributed by atoms with van der Waals surface area (Å²) in [6.07, 6.45) is 6.00. The van der Waals surface area contributed by atoms with Crippen LogP contribution in [-0.2, 0) is 0 Å². The van der Waals surface area contributed by atoms with Crippen LogP contribution in [-0.4, -0.2) is 11.5 Å². The Morgan fingerprint density at radius 1 is 1.11 bits per heavy atom. The highest BCUT2D eigenvalue weighted by atomic mass is 14.9. The third-order valence-corrected chi connectivity index (χ3v) is 3.33. The van der Waals surface area contributed by atoms with Crippen LogP contribution in [0.25, 0.3) is 11.1 Å². The van der Waals surface area contributed by atoms with E-state index in [1.165, 1.54) is 23.1 Å². The Balaban J connectivity index is 2.23. The van der Waals surface area contributed by atoms with E-state index >= 15 is 0 Å². The van der Waals surface area contributed by atoms with Crippen molar-refractivity contribution in [2.75, 3.05) is 6.54 Å². The number of nitrogens with zero attached hydrogens (tertiary/aromatic N) is 1. The monoisotopic (exact) mass is 254 g/mol. The average Bonchev–Trinajstić information content (AvgIpc) is 2.49. The first kappa shape index (κ1) is 13.8. The lowest BCUT2D eigenvalue weighted by Gasteiger charge is -2.18. The minimum atomic E-state index is 0.441. The molecular formula is C17H22N2. The lowest BCUT2D eigenvalue weighted by Crippen LogP contribution is -2.21. The van der Waals surface area contributed by atoms with E-state index in [9.17, 15) is 0 Å². The third kappa shape index (κ3) is 3.65. The number of hydrogen-bond donors (Lipinski definition) is 1. The van der Waals surface area contributed by atoms with Crippen molar-refractivity contribution in [3.05, 3.63) is 54.4 Å². The Morgan fingerprint density at radius 2 is 1.95 bits per heavy atom. The number of nitrogens with one attached hydrogen (secondary N) is 1. The summed E-state index contributed by atoms with van der Waals surface area (Å²) in [5.74, 6) is 0. The van der Waals surface area contributed by atoms with Gasteiger partial charge in [0, 0.05) is 18.4 Å². The summed E-state index contributed by atoms with van der Waals surface area (Å²) in [5.41, 5.74) is 3.77. The molecule has 1 aromatic heterocycles. The van der Waals surface area contributed by atoms with Crippen LogP contribution in [0.15, 0.2) is 48.8 Å². The Kier molecular flexibility index (Phi) is 5.10. The van der Waals surface area contributed by atoms with Crippen molar-refractivity contribution in [3.63, 3.8) is 0 Å². The summed E-state index contributed by atoms with van der Waals surface area (Å²) in [4.78, 5) is 4.19. The quantitative estimate of drug-likeness (QED) is 0.835. The molecule has 0 saturated carbocycles. The van der Waals surface area contributed by atoms with E-state index in [0.717, 1.165) is 13.0 Å². The number of hydrogen-bond acceptors (Lipinski definition) is 2. The fourth-order valence-corrected chi connectivity index (χ4v) is 2.28. The molecule has 2 rings (SSSR count). The van der Waals surface area contributed by atoms with Crippen molar-refractivity contribution < 1.29 is 0 Å². The highest BCUT2D eigenvalue weighted by Crippen LogP contribution is 2.24. The topological polar surface area (TPSA) is 24.9 Å². The van der Waals surface area contributed by atoms with Gasteiger partial charge in [0.1, 0.15) is 0 Å². The maximum absolute atomic E-state index is 4.19. The highest BCUT2D eigenvalue weighted by Gasteiger charge is 2.08. The van der Waals surface area contributed by atoms with E-state index in [1.54, 1.807) is 0 Å². The predicted octanol–water partition coefficient (Wildman–Crippen LogP) is 4.20. The van der Waals surface area contributed by atoms with Gasteiger partial charge in [-0.25, -0.2) is 0 Å². The van der Waals surface area contributed by atoms with Crippen LogP contribution in [0.4, 0.5) is 0 Å². The normalized spacial score (nSPS) is 12.3. The van der Waals surface area contributed by atoms with Crippen LogP contribution in [0.1, 0.15) is 38.3 Å². The van der Waals surface area contributed by atoms with Crippen LogP contribution in [0.3, 0.4) is 0 Å². The second-order valence-corrected chi connectivity index (χ2v) is 4.78. The van der Waals surface area contributed by atoms with Gasteiger partial charge in [0.15, 0.2) is 0 Å². The molecule has 2 nitrogen and oxygen atoms in total. The summed E-state index contributed by atoms with van der Waals surface area (Å²) in [7, 11) is 0. The molecule has 0 aliphatic heterocycles. The second-order valence-electron chi connectivity index (χ2n) is 4.78. The predicted molar refractivity (Wildman–Crippen MR) is 81.0 cm³/mol. The molecule has 0 fully saturated rings. The molecule has 1 heterocycles. The molecule has 0 bridgehead atoms. The van der Waals surface area contributed by atoms with E-state index in [4.69, 9.17) is 0 Å². The molecule has 100 valence electrons. The van der Waals surface area contributed by atoms with Gasteiger partial charge >= 0.3 is 0 Å². The fourth-order valence-electron chi connectivity index (χ4n) is 2.28. The molecule has 2 aromatic rings. The van der Waals surface area contributed by atoms with Crippen LogP contribution in [0.2, 0.25) is 0 Å². The molecule has 2 heteroatoms. The maximum atomic E-state index is 4.19. The molecule has 0 spiro atoms. The number of pyridine rings is 1. The van der Waals surface area contributed by atoms with Crippen molar-refractivity contribution in [2.24, 2.45) is 0 Å². The Bertz CT molecular complexity index is 494. The van der Waals surface area contributed by atoms with E-state index in [-0.39, 0.29) is 0 Å². The van der Waals surface area contributed by atoms with Crippen molar-refractivity contribution >= 4 is 0 Å². The minimum absolute atomic E-state index is 0.441. The standard InChI is InChI=1S/C17H22N2/c1-3-10-19-17(4-2)15-8-5-7-14(12-15)16-9-6-11-18-13-16/h5-9,11-13,17,19H,3-4,10H2,1-2H3. The van der Waals surface area contributed by atoms with E-state index in [1.807, 2.05) is 18.5 Å².